The van der Waals surface area contributed by atoms with Crippen molar-refractivity contribution in [3.8, 4) is 5.75 Å². The monoisotopic (exact) mass is 316 g/mol. The van der Waals surface area contributed by atoms with Crippen molar-refractivity contribution in [3.63, 3.8) is 0 Å². The molecule has 0 aromatic heterocycles. The molecule has 1 aromatic carbocycles. The Balaban J connectivity index is 2.71. The summed E-state index contributed by atoms with van der Waals surface area (Å²) in [5.74, 6) is -0.602. The van der Waals surface area contributed by atoms with E-state index in [0.29, 0.717) is 5.75 Å². The van der Waals surface area contributed by atoms with Gasteiger partial charge in [0.25, 0.3) is 3.79 Å². The zero-order valence-electron chi connectivity index (χ0n) is 6.64. The molecule has 0 atom stereocenters. The van der Waals surface area contributed by atoms with Crippen molar-refractivity contribution in [2.45, 2.75) is 3.79 Å². The van der Waals surface area contributed by atoms with Gasteiger partial charge in [-0.05, 0) is 24.3 Å². The fraction of sp³-hybridized carbons (Fsp3) is 0.125. The van der Waals surface area contributed by atoms with Gasteiger partial charge in [-0.15, -0.1) is 0 Å². The summed E-state index contributed by atoms with van der Waals surface area (Å²) >= 11 is 19.2. The largest absolute Gasteiger partial charge is 0.423 e. The number of alkyl halides is 3. The van der Waals surface area contributed by atoms with Gasteiger partial charge in [0.15, 0.2) is 0 Å². The molecule has 0 bridgehead atoms. The van der Waals surface area contributed by atoms with Crippen molar-refractivity contribution in [1.82, 2.24) is 0 Å². The van der Waals surface area contributed by atoms with Crippen LogP contribution in [0.3, 0.4) is 0 Å². The number of ether oxygens (including phenoxy) is 1. The van der Waals surface area contributed by atoms with Gasteiger partial charge in [0, 0.05) is 4.47 Å². The second-order valence-electron chi connectivity index (χ2n) is 2.34. The molecule has 0 unspecified atom stereocenters. The summed E-state index contributed by atoms with van der Waals surface area (Å²) < 4.78 is 3.60. The Labute approximate surface area is 104 Å². The molecule has 76 valence electrons. The maximum absolute atomic E-state index is 11.1. The first-order valence-electron chi connectivity index (χ1n) is 3.44. The summed E-state index contributed by atoms with van der Waals surface area (Å²) in [5.41, 5.74) is 0. The molecule has 0 amide bonds. The molecular formula is C8H4BrCl3O2. The van der Waals surface area contributed by atoms with Gasteiger partial charge in [0.2, 0.25) is 0 Å². The first-order valence-corrected chi connectivity index (χ1v) is 5.37. The number of rotatable bonds is 1. The molecule has 0 spiro atoms. The van der Waals surface area contributed by atoms with Crippen LogP contribution in [-0.4, -0.2) is 9.76 Å². The highest BCUT2D eigenvalue weighted by Crippen LogP contribution is 2.28. The van der Waals surface area contributed by atoms with Crippen LogP contribution >= 0.6 is 50.7 Å². The maximum atomic E-state index is 11.1. The maximum Gasteiger partial charge on any atom is 0.363 e. The van der Waals surface area contributed by atoms with E-state index in [2.05, 4.69) is 15.9 Å². The molecule has 0 aliphatic heterocycles. The standard InChI is InChI=1S/C8H4BrCl3O2/c9-5-1-3-6(4-2-5)14-7(13)8(10,11)12/h1-4H. The molecule has 0 saturated heterocycles. The number of carbonyl (C=O) groups excluding carboxylic acids is 1. The van der Waals surface area contributed by atoms with Crippen LogP contribution in [0.2, 0.25) is 0 Å². The van der Waals surface area contributed by atoms with Crippen molar-refractivity contribution < 1.29 is 9.53 Å². The average Bonchev–Trinajstić information content (AvgIpc) is 2.07. The van der Waals surface area contributed by atoms with Crippen molar-refractivity contribution in [2.24, 2.45) is 0 Å². The zero-order valence-corrected chi connectivity index (χ0v) is 10.5. The Kier molecular flexibility index (Phi) is 4.07. The van der Waals surface area contributed by atoms with Crippen LogP contribution in [0.5, 0.6) is 5.75 Å². The van der Waals surface area contributed by atoms with E-state index in [9.17, 15) is 4.79 Å². The van der Waals surface area contributed by atoms with Crippen LogP contribution < -0.4 is 4.74 Å². The topological polar surface area (TPSA) is 26.3 Å². The van der Waals surface area contributed by atoms with Gasteiger partial charge in [-0.1, -0.05) is 50.7 Å². The van der Waals surface area contributed by atoms with Crippen molar-refractivity contribution in [3.05, 3.63) is 28.7 Å². The number of carbonyl (C=O) groups is 1. The van der Waals surface area contributed by atoms with E-state index in [1.807, 2.05) is 0 Å². The third-order valence-electron chi connectivity index (χ3n) is 1.26. The smallest absolute Gasteiger partial charge is 0.363 e. The highest BCUT2D eigenvalue weighted by atomic mass is 79.9. The van der Waals surface area contributed by atoms with E-state index in [1.54, 1.807) is 24.3 Å². The second-order valence-corrected chi connectivity index (χ2v) is 5.54. The molecule has 0 fully saturated rings. The normalized spacial score (nSPS) is 11.1. The summed E-state index contributed by atoms with van der Waals surface area (Å²) in [5, 5.41) is 0. The first kappa shape index (κ1) is 12.1. The van der Waals surface area contributed by atoms with Crippen LogP contribution in [0.25, 0.3) is 0 Å². The van der Waals surface area contributed by atoms with Crippen LogP contribution in [0.4, 0.5) is 0 Å². The Morgan fingerprint density at radius 3 is 2.14 bits per heavy atom. The summed E-state index contributed by atoms with van der Waals surface area (Å²) in [7, 11) is 0. The minimum Gasteiger partial charge on any atom is -0.423 e. The molecule has 0 saturated carbocycles. The van der Waals surface area contributed by atoms with Gasteiger partial charge < -0.3 is 4.74 Å². The lowest BCUT2D eigenvalue weighted by Crippen LogP contribution is -2.24. The molecule has 1 aromatic rings. The van der Waals surface area contributed by atoms with E-state index >= 15 is 0 Å². The zero-order chi connectivity index (χ0) is 10.8. The van der Waals surface area contributed by atoms with Gasteiger partial charge in [-0.2, -0.15) is 0 Å². The number of hydrogen-bond acceptors (Lipinski definition) is 2. The number of benzene rings is 1. The van der Waals surface area contributed by atoms with Gasteiger partial charge >= 0.3 is 5.97 Å². The lowest BCUT2D eigenvalue weighted by atomic mass is 10.3. The fourth-order valence-electron chi connectivity index (χ4n) is 0.668. The number of hydrogen-bond donors (Lipinski definition) is 0. The highest BCUT2D eigenvalue weighted by molar-refractivity contribution is 9.10. The van der Waals surface area contributed by atoms with Gasteiger partial charge in [0.05, 0.1) is 0 Å². The minimum atomic E-state index is -2.05. The Hall–Kier alpha value is 0.0400. The summed E-state index contributed by atoms with van der Waals surface area (Å²) in [6, 6.07) is 6.58. The summed E-state index contributed by atoms with van der Waals surface area (Å²) in [6.07, 6.45) is 0. The lowest BCUT2D eigenvalue weighted by molar-refractivity contribution is -0.133. The third-order valence-corrected chi connectivity index (χ3v) is 2.25. The van der Waals surface area contributed by atoms with Crippen LogP contribution in [-0.2, 0) is 4.79 Å². The Bertz CT molecular complexity index is 331. The van der Waals surface area contributed by atoms with Crippen LogP contribution in [0, 0.1) is 0 Å². The van der Waals surface area contributed by atoms with E-state index < -0.39 is 9.76 Å². The molecule has 0 heterocycles. The third kappa shape index (κ3) is 3.65. The predicted molar refractivity (Wildman–Crippen MR) is 60.1 cm³/mol. The SMILES string of the molecule is O=C(Oc1ccc(Br)cc1)C(Cl)(Cl)Cl. The molecule has 0 aliphatic rings. The summed E-state index contributed by atoms with van der Waals surface area (Å²) in [4.78, 5) is 11.1. The fourth-order valence-corrected chi connectivity index (χ4v) is 1.05. The van der Waals surface area contributed by atoms with Crippen molar-refractivity contribution in [2.75, 3.05) is 0 Å². The quantitative estimate of drug-likeness (QED) is 0.448. The molecule has 0 radical (unpaired) electrons. The molecule has 0 aliphatic carbocycles. The van der Waals surface area contributed by atoms with Crippen molar-refractivity contribution >= 4 is 56.7 Å². The van der Waals surface area contributed by atoms with Gasteiger partial charge in [-0.3, -0.25) is 0 Å². The predicted octanol–water partition coefficient (Wildman–Crippen LogP) is 3.72. The molecule has 2 nitrogen and oxygen atoms in total. The lowest BCUT2D eigenvalue weighted by Gasteiger charge is -2.09. The van der Waals surface area contributed by atoms with E-state index in [0.717, 1.165) is 4.47 Å². The average molecular weight is 318 g/mol. The number of esters is 1. The molecule has 14 heavy (non-hydrogen) atoms. The molecule has 6 heteroatoms. The molecule has 1 rings (SSSR count). The Morgan fingerprint density at radius 2 is 1.71 bits per heavy atom. The van der Waals surface area contributed by atoms with Gasteiger partial charge in [-0.25, -0.2) is 4.79 Å². The Morgan fingerprint density at radius 1 is 1.21 bits per heavy atom. The van der Waals surface area contributed by atoms with Crippen molar-refractivity contribution in [1.29, 1.82) is 0 Å². The first-order chi connectivity index (χ1) is 6.39. The van der Waals surface area contributed by atoms with E-state index in [4.69, 9.17) is 39.5 Å². The minimum absolute atomic E-state index is 0.324. The molecular weight excluding hydrogens is 314 g/mol. The highest BCUT2D eigenvalue weighted by Gasteiger charge is 2.33. The van der Waals surface area contributed by atoms with E-state index in [-0.39, 0.29) is 0 Å². The van der Waals surface area contributed by atoms with E-state index in [1.165, 1.54) is 0 Å². The summed E-state index contributed by atoms with van der Waals surface area (Å²) in [6.45, 7) is 0. The number of halogens is 4. The van der Waals surface area contributed by atoms with Gasteiger partial charge in [0.1, 0.15) is 5.75 Å². The molecule has 0 N–H and O–H groups in total. The van der Waals surface area contributed by atoms with Crippen LogP contribution in [0.1, 0.15) is 0 Å². The van der Waals surface area contributed by atoms with Crippen LogP contribution in [0.15, 0.2) is 28.7 Å². The second kappa shape index (κ2) is 4.71.